The lowest BCUT2D eigenvalue weighted by atomic mass is 10.1. The van der Waals surface area contributed by atoms with Gasteiger partial charge in [0.25, 0.3) is 0 Å². The molecule has 3 heterocycles. The fourth-order valence-electron chi connectivity index (χ4n) is 1.89. The number of aromatic nitrogens is 5. The topological polar surface area (TPSA) is 86.0 Å². The van der Waals surface area contributed by atoms with Gasteiger partial charge in [0.15, 0.2) is 0 Å². The summed E-state index contributed by atoms with van der Waals surface area (Å²) in [6.45, 7) is 1.21. The molecule has 1 aliphatic rings. The van der Waals surface area contributed by atoms with E-state index >= 15 is 0 Å². The molecule has 1 fully saturated rings. The fraction of sp³-hybridized carbons (Fsp3) is 0.417. The zero-order chi connectivity index (χ0) is 14.7. The van der Waals surface area contributed by atoms with Gasteiger partial charge in [0.05, 0.1) is 25.0 Å². The number of aryl methyl sites for hydroxylation is 1. The van der Waals surface area contributed by atoms with E-state index in [0.717, 1.165) is 5.75 Å². The summed E-state index contributed by atoms with van der Waals surface area (Å²) < 4.78 is 7.24. The molecule has 8 nitrogen and oxygen atoms in total. The van der Waals surface area contributed by atoms with Gasteiger partial charge in [-0.25, -0.2) is 4.68 Å². The molecule has 110 valence electrons. The van der Waals surface area contributed by atoms with Crippen LogP contribution in [0.25, 0.3) is 0 Å². The molecule has 0 atom stereocenters. The number of nitrogens with zero attached hydrogens (tertiary/aromatic N) is 6. The van der Waals surface area contributed by atoms with Crippen LogP contribution < -0.4 is 4.74 Å². The Hall–Kier alpha value is -2.16. The Morgan fingerprint density at radius 3 is 3.05 bits per heavy atom. The molecule has 0 aromatic carbocycles. The first kappa shape index (κ1) is 13.8. The highest BCUT2D eigenvalue weighted by atomic mass is 32.2. The molecule has 2 aromatic heterocycles. The van der Waals surface area contributed by atoms with Gasteiger partial charge in [-0.3, -0.25) is 9.78 Å². The molecule has 2 aromatic rings. The van der Waals surface area contributed by atoms with Crippen LogP contribution in [0.1, 0.15) is 0 Å². The van der Waals surface area contributed by atoms with Crippen molar-refractivity contribution in [1.29, 1.82) is 0 Å². The van der Waals surface area contributed by atoms with Crippen molar-refractivity contribution in [2.75, 3.05) is 18.8 Å². The average molecular weight is 306 g/mol. The van der Waals surface area contributed by atoms with E-state index in [1.165, 1.54) is 11.8 Å². The highest BCUT2D eigenvalue weighted by Gasteiger charge is 2.32. The van der Waals surface area contributed by atoms with Crippen LogP contribution in [0, 0.1) is 0 Å². The van der Waals surface area contributed by atoms with E-state index < -0.39 is 0 Å². The minimum absolute atomic E-state index is 0.0413. The van der Waals surface area contributed by atoms with Crippen LogP contribution in [-0.4, -0.2) is 60.9 Å². The predicted molar refractivity (Wildman–Crippen MR) is 74.8 cm³/mol. The van der Waals surface area contributed by atoms with Crippen LogP contribution in [0.2, 0.25) is 0 Å². The highest BCUT2D eigenvalue weighted by molar-refractivity contribution is 7.99. The summed E-state index contributed by atoms with van der Waals surface area (Å²) in [6.07, 6.45) is 3.41. The smallest absolute Gasteiger partial charge is 0.233 e. The van der Waals surface area contributed by atoms with E-state index in [0.29, 0.717) is 24.0 Å². The molecule has 0 saturated carbocycles. The summed E-state index contributed by atoms with van der Waals surface area (Å²) in [5.74, 6) is 1.12. The summed E-state index contributed by atoms with van der Waals surface area (Å²) in [6, 6.07) is 3.68. The van der Waals surface area contributed by atoms with Gasteiger partial charge in [-0.05, 0) is 22.6 Å². The summed E-state index contributed by atoms with van der Waals surface area (Å²) in [5.41, 5.74) is 0. The first-order chi connectivity index (χ1) is 10.2. The highest BCUT2D eigenvalue weighted by Crippen LogP contribution is 2.19. The number of hydrogen-bond donors (Lipinski definition) is 0. The Bertz CT molecular complexity index is 613. The summed E-state index contributed by atoms with van der Waals surface area (Å²) in [4.78, 5) is 17.7. The Kier molecular flexibility index (Phi) is 4.00. The summed E-state index contributed by atoms with van der Waals surface area (Å²) >= 11 is 1.33. The SMILES string of the molecule is Cn1nnnc1SCC(=O)N1CC(Oc2cccnc2)C1. The summed E-state index contributed by atoms with van der Waals surface area (Å²) in [5, 5.41) is 11.7. The largest absolute Gasteiger partial charge is 0.485 e. The van der Waals surface area contributed by atoms with Crippen molar-refractivity contribution in [1.82, 2.24) is 30.1 Å². The number of tetrazole rings is 1. The zero-order valence-electron chi connectivity index (χ0n) is 11.4. The molecule has 3 rings (SSSR count). The van der Waals surface area contributed by atoms with Gasteiger partial charge >= 0.3 is 0 Å². The number of pyridine rings is 1. The van der Waals surface area contributed by atoms with Crippen LogP contribution in [-0.2, 0) is 11.8 Å². The van der Waals surface area contributed by atoms with Crippen molar-refractivity contribution < 1.29 is 9.53 Å². The van der Waals surface area contributed by atoms with Crippen LogP contribution >= 0.6 is 11.8 Å². The minimum atomic E-state index is 0.0413. The zero-order valence-corrected chi connectivity index (χ0v) is 12.2. The van der Waals surface area contributed by atoms with Crippen LogP contribution in [0.15, 0.2) is 29.7 Å². The Morgan fingerprint density at radius 2 is 2.38 bits per heavy atom. The van der Waals surface area contributed by atoms with Gasteiger partial charge in [-0.2, -0.15) is 0 Å². The van der Waals surface area contributed by atoms with Gasteiger partial charge in [-0.15, -0.1) is 5.10 Å². The van der Waals surface area contributed by atoms with Crippen LogP contribution in [0.4, 0.5) is 0 Å². The maximum atomic E-state index is 12.0. The lowest BCUT2D eigenvalue weighted by molar-refractivity contribution is -0.137. The third-order valence-electron chi connectivity index (χ3n) is 3.04. The molecule has 0 unspecified atom stereocenters. The van der Waals surface area contributed by atoms with Gasteiger partial charge in [0, 0.05) is 13.2 Å². The molecule has 1 saturated heterocycles. The lowest BCUT2D eigenvalue weighted by Gasteiger charge is -2.38. The van der Waals surface area contributed by atoms with Crippen molar-refractivity contribution in [3.8, 4) is 5.75 Å². The van der Waals surface area contributed by atoms with Crippen molar-refractivity contribution in [3.05, 3.63) is 24.5 Å². The van der Waals surface area contributed by atoms with E-state index in [4.69, 9.17) is 4.74 Å². The molecule has 21 heavy (non-hydrogen) atoms. The van der Waals surface area contributed by atoms with Gasteiger partial charge < -0.3 is 9.64 Å². The van der Waals surface area contributed by atoms with Gasteiger partial charge in [0.1, 0.15) is 11.9 Å². The maximum absolute atomic E-state index is 12.0. The van der Waals surface area contributed by atoms with E-state index in [2.05, 4.69) is 20.5 Å². The quantitative estimate of drug-likeness (QED) is 0.718. The molecule has 0 radical (unpaired) electrons. The molecule has 0 aliphatic carbocycles. The van der Waals surface area contributed by atoms with Crippen molar-refractivity contribution >= 4 is 17.7 Å². The summed E-state index contributed by atoms with van der Waals surface area (Å²) in [7, 11) is 1.74. The molecule has 9 heteroatoms. The van der Waals surface area contributed by atoms with E-state index in [1.54, 1.807) is 29.0 Å². The van der Waals surface area contributed by atoms with E-state index in [9.17, 15) is 4.79 Å². The molecule has 0 bridgehead atoms. The molecule has 0 spiro atoms. The van der Waals surface area contributed by atoms with Crippen LogP contribution in [0.5, 0.6) is 5.75 Å². The van der Waals surface area contributed by atoms with Gasteiger partial charge in [0.2, 0.25) is 11.1 Å². The standard InChI is InChI=1S/C12H14N6O2S/c1-17-12(14-15-16-17)21-8-11(19)18-6-10(7-18)20-9-3-2-4-13-5-9/h2-5,10H,6-8H2,1H3. The van der Waals surface area contributed by atoms with E-state index in [1.807, 2.05) is 12.1 Å². The van der Waals surface area contributed by atoms with Crippen molar-refractivity contribution in [2.45, 2.75) is 11.3 Å². The second-order valence-electron chi connectivity index (χ2n) is 4.60. The van der Waals surface area contributed by atoms with Crippen molar-refractivity contribution in [2.24, 2.45) is 7.05 Å². The number of carbonyl (C=O) groups excluding carboxylic acids is 1. The normalized spacial score (nSPS) is 14.8. The second kappa shape index (κ2) is 6.08. The lowest BCUT2D eigenvalue weighted by Crippen LogP contribution is -2.56. The number of ether oxygens (including phenoxy) is 1. The molecular formula is C12H14N6O2S. The Morgan fingerprint density at radius 1 is 1.52 bits per heavy atom. The monoisotopic (exact) mass is 306 g/mol. The molecule has 0 N–H and O–H groups in total. The number of likely N-dealkylation sites (tertiary alicyclic amines) is 1. The number of hydrogen-bond acceptors (Lipinski definition) is 7. The minimum Gasteiger partial charge on any atom is -0.485 e. The molecular weight excluding hydrogens is 292 g/mol. The molecule has 1 aliphatic heterocycles. The average Bonchev–Trinajstić information content (AvgIpc) is 2.86. The third kappa shape index (κ3) is 3.30. The first-order valence-corrected chi connectivity index (χ1v) is 7.40. The Labute approximate surface area is 125 Å². The van der Waals surface area contributed by atoms with Crippen LogP contribution in [0.3, 0.4) is 0 Å². The number of thioether (sulfide) groups is 1. The number of amides is 1. The van der Waals surface area contributed by atoms with Crippen molar-refractivity contribution in [3.63, 3.8) is 0 Å². The first-order valence-electron chi connectivity index (χ1n) is 6.42. The predicted octanol–water partition coefficient (Wildman–Crippen LogP) is -0.0130. The fourth-order valence-corrected chi connectivity index (χ4v) is 2.64. The van der Waals surface area contributed by atoms with Gasteiger partial charge in [-0.1, -0.05) is 11.8 Å². The second-order valence-corrected chi connectivity index (χ2v) is 5.54. The molecule has 1 amide bonds. The third-order valence-corrected chi connectivity index (χ3v) is 4.04. The van der Waals surface area contributed by atoms with E-state index in [-0.39, 0.29) is 12.0 Å². The maximum Gasteiger partial charge on any atom is 0.233 e. The Balaban J connectivity index is 1.41. The number of carbonyl (C=O) groups is 1. The number of rotatable bonds is 5.